The van der Waals surface area contributed by atoms with Gasteiger partial charge < -0.3 is 16.5 Å². The number of nitrogens with zero attached hydrogens (tertiary/aromatic N) is 3. The maximum Gasteiger partial charge on any atom is 0.350 e. The number of nitrogen functional groups attached to an aromatic ring is 1. The van der Waals surface area contributed by atoms with Crippen LogP contribution in [0.25, 0.3) is 10.9 Å². The molecule has 1 saturated heterocycles. The molecule has 1 aliphatic carbocycles. The third-order valence-electron chi connectivity index (χ3n) is 4.81. The number of anilines is 1. The van der Waals surface area contributed by atoms with Crippen LogP contribution in [-0.2, 0) is 0 Å². The van der Waals surface area contributed by atoms with E-state index in [2.05, 4.69) is 0 Å². The molecule has 0 radical (unpaired) electrons. The van der Waals surface area contributed by atoms with Gasteiger partial charge >= 0.3 is 5.69 Å². The molecule has 1 atom stereocenters. The van der Waals surface area contributed by atoms with Crippen LogP contribution >= 0.6 is 12.4 Å². The van der Waals surface area contributed by atoms with Crippen LogP contribution in [-0.4, -0.2) is 28.4 Å². The monoisotopic (exact) mass is 391 g/mol. The molecule has 11 heteroatoms. The fraction of sp³-hybridized carbons (Fsp3) is 0.467. The van der Waals surface area contributed by atoms with Crippen molar-refractivity contribution in [3.63, 3.8) is 0 Å². The second-order valence-electron chi connectivity index (χ2n) is 6.57. The summed E-state index contributed by atoms with van der Waals surface area (Å²) in [4.78, 5) is 25.8. The number of benzene rings is 1. The summed E-state index contributed by atoms with van der Waals surface area (Å²) in [5.41, 5.74) is 2.42. The number of hydrogen-bond acceptors (Lipinski definition) is 5. The van der Waals surface area contributed by atoms with Gasteiger partial charge in [0.1, 0.15) is 11.1 Å². The zero-order valence-corrected chi connectivity index (χ0v) is 14.4. The molecule has 0 unspecified atom stereocenters. The second-order valence-corrected chi connectivity index (χ2v) is 6.57. The highest BCUT2D eigenvalue weighted by atomic mass is 35.5. The van der Waals surface area contributed by atoms with Crippen LogP contribution in [0.15, 0.2) is 9.59 Å². The lowest BCUT2D eigenvalue weighted by Crippen LogP contribution is -2.45. The summed E-state index contributed by atoms with van der Waals surface area (Å²) in [5, 5.41) is -0.851. The van der Waals surface area contributed by atoms with Crippen LogP contribution in [0.5, 0.6) is 0 Å². The van der Waals surface area contributed by atoms with Gasteiger partial charge in [-0.05, 0) is 19.3 Å². The molecule has 2 aliphatic rings. The van der Waals surface area contributed by atoms with Crippen LogP contribution in [0, 0.1) is 17.5 Å². The predicted octanol–water partition coefficient (Wildman–Crippen LogP) is 0.588. The third-order valence-corrected chi connectivity index (χ3v) is 4.81. The van der Waals surface area contributed by atoms with Gasteiger partial charge in [0.05, 0.1) is 5.52 Å². The van der Waals surface area contributed by atoms with Crippen molar-refractivity contribution in [2.24, 2.45) is 5.73 Å². The molecular formula is C15H17ClF3N5O2. The van der Waals surface area contributed by atoms with Crippen LogP contribution in [0.2, 0.25) is 0 Å². The first-order chi connectivity index (χ1) is 11.8. The first-order valence-electron chi connectivity index (χ1n) is 7.96. The van der Waals surface area contributed by atoms with E-state index in [1.165, 1.54) is 4.90 Å². The Labute approximate surface area is 151 Å². The molecule has 4 rings (SSSR count). The summed E-state index contributed by atoms with van der Waals surface area (Å²) in [6, 6.07) is -0.682. The number of hydrogen-bond donors (Lipinski definition) is 2. The number of aromatic nitrogens is 2. The summed E-state index contributed by atoms with van der Waals surface area (Å²) in [7, 11) is 0. The zero-order valence-electron chi connectivity index (χ0n) is 13.5. The minimum absolute atomic E-state index is 0. The Morgan fingerprint density at radius 1 is 1.00 bits per heavy atom. The van der Waals surface area contributed by atoms with Crippen molar-refractivity contribution in [1.29, 1.82) is 0 Å². The first kappa shape index (κ1) is 18.6. The smallest absolute Gasteiger partial charge is 0.350 e. The van der Waals surface area contributed by atoms with E-state index in [1.54, 1.807) is 0 Å². The van der Waals surface area contributed by atoms with Crippen molar-refractivity contribution in [3.05, 3.63) is 38.3 Å². The molecule has 1 saturated carbocycles. The molecule has 0 amide bonds. The van der Waals surface area contributed by atoms with Crippen molar-refractivity contribution in [2.45, 2.75) is 31.3 Å². The van der Waals surface area contributed by atoms with E-state index in [1.807, 2.05) is 0 Å². The largest absolute Gasteiger partial charge is 0.365 e. The topological polar surface area (TPSA) is 99.3 Å². The molecule has 26 heavy (non-hydrogen) atoms. The lowest BCUT2D eigenvalue weighted by atomic mass is 10.1. The van der Waals surface area contributed by atoms with Crippen molar-refractivity contribution in [1.82, 2.24) is 9.24 Å². The molecule has 0 bridgehead atoms. The van der Waals surface area contributed by atoms with Crippen LogP contribution in [0.4, 0.5) is 18.9 Å². The van der Waals surface area contributed by atoms with Gasteiger partial charge in [-0.2, -0.15) is 4.68 Å². The average molecular weight is 392 g/mol. The van der Waals surface area contributed by atoms with E-state index in [4.69, 9.17) is 11.6 Å². The molecule has 7 nitrogen and oxygen atoms in total. The summed E-state index contributed by atoms with van der Waals surface area (Å²) in [6.07, 6.45) is 1.63. The van der Waals surface area contributed by atoms with Crippen molar-refractivity contribution < 1.29 is 13.2 Å². The summed E-state index contributed by atoms with van der Waals surface area (Å²) < 4.78 is 45.5. The fourth-order valence-electron chi connectivity index (χ4n) is 3.42. The van der Waals surface area contributed by atoms with Gasteiger partial charge in [-0.1, -0.05) is 0 Å². The SMILES string of the molecule is Cl.N[C@H]1CCN(c2c(F)c(F)c3c(=O)n(N)c(=O)n(C4CC4)c3c2F)C1. The molecule has 142 valence electrons. The van der Waals surface area contributed by atoms with E-state index < -0.39 is 51.3 Å². The lowest BCUT2D eigenvalue weighted by molar-refractivity contribution is 0.498. The van der Waals surface area contributed by atoms with Gasteiger partial charge in [0.2, 0.25) is 0 Å². The predicted molar refractivity (Wildman–Crippen MR) is 92.8 cm³/mol. The molecular weight excluding hydrogens is 375 g/mol. The molecule has 1 aromatic heterocycles. The minimum Gasteiger partial charge on any atom is -0.365 e. The van der Waals surface area contributed by atoms with Crippen molar-refractivity contribution in [3.8, 4) is 0 Å². The van der Waals surface area contributed by atoms with Gasteiger partial charge in [-0.3, -0.25) is 9.36 Å². The Morgan fingerprint density at radius 3 is 2.19 bits per heavy atom. The maximum absolute atomic E-state index is 15.2. The van der Waals surface area contributed by atoms with Crippen LogP contribution in [0.3, 0.4) is 0 Å². The molecule has 4 N–H and O–H groups in total. The van der Waals surface area contributed by atoms with Gasteiger partial charge in [-0.15, -0.1) is 12.4 Å². The lowest BCUT2D eigenvalue weighted by Gasteiger charge is -2.22. The molecule has 0 spiro atoms. The number of fused-ring (bicyclic) bond motifs is 1. The highest BCUT2D eigenvalue weighted by Gasteiger charge is 2.35. The number of halogens is 4. The second kappa shape index (κ2) is 6.20. The Morgan fingerprint density at radius 2 is 1.65 bits per heavy atom. The molecule has 2 fully saturated rings. The minimum atomic E-state index is -1.51. The van der Waals surface area contributed by atoms with Gasteiger partial charge in [0.15, 0.2) is 17.5 Å². The zero-order chi connectivity index (χ0) is 18.0. The molecule has 2 aromatic rings. The first-order valence-corrected chi connectivity index (χ1v) is 7.96. The third kappa shape index (κ3) is 2.47. The van der Waals surface area contributed by atoms with Gasteiger partial charge in [-0.25, -0.2) is 18.0 Å². The van der Waals surface area contributed by atoms with E-state index in [9.17, 15) is 18.4 Å². The fourth-order valence-corrected chi connectivity index (χ4v) is 3.42. The van der Waals surface area contributed by atoms with E-state index >= 15 is 4.39 Å². The normalized spacial score (nSPS) is 19.8. The Hall–Kier alpha value is -2.20. The Kier molecular flexibility index (Phi) is 4.43. The number of rotatable bonds is 2. The molecule has 1 aromatic carbocycles. The molecule has 1 aliphatic heterocycles. The highest BCUT2D eigenvalue weighted by Crippen LogP contribution is 2.39. The average Bonchev–Trinajstić information content (AvgIpc) is 3.32. The van der Waals surface area contributed by atoms with E-state index in [0.29, 0.717) is 19.3 Å². The molecule has 2 heterocycles. The van der Waals surface area contributed by atoms with E-state index in [-0.39, 0.29) is 36.2 Å². The standard InChI is InChI=1S/C15H16F3N5O2.ClH/c16-9-8-12(22(7-1-2-7)15(25)23(20)14(8)24)11(18)13(10(9)17)21-4-3-6(19)5-21;/h6-7H,1-5,19-20H2;1H/t6-;/m0./s1. The number of nitrogens with two attached hydrogens (primary N) is 2. The van der Waals surface area contributed by atoms with Crippen LogP contribution in [0.1, 0.15) is 25.3 Å². The van der Waals surface area contributed by atoms with E-state index in [0.717, 1.165) is 4.57 Å². The quantitative estimate of drug-likeness (QED) is 0.576. The van der Waals surface area contributed by atoms with Crippen molar-refractivity contribution in [2.75, 3.05) is 23.8 Å². The highest BCUT2D eigenvalue weighted by molar-refractivity contribution is 5.85. The van der Waals surface area contributed by atoms with Gasteiger partial charge in [0.25, 0.3) is 5.56 Å². The Balaban J connectivity index is 0.00000196. The van der Waals surface area contributed by atoms with Gasteiger partial charge in [0, 0.05) is 25.2 Å². The van der Waals surface area contributed by atoms with Crippen LogP contribution < -0.4 is 27.7 Å². The van der Waals surface area contributed by atoms with Crippen molar-refractivity contribution >= 4 is 29.0 Å². The Bertz CT molecular complexity index is 1020. The summed E-state index contributed by atoms with van der Waals surface area (Å²) in [5.74, 6) is 1.28. The summed E-state index contributed by atoms with van der Waals surface area (Å²) >= 11 is 0. The summed E-state index contributed by atoms with van der Waals surface area (Å²) in [6.45, 7) is 0.405. The maximum atomic E-state index is 15.2.